The number of nitrogens with one attached hydrogen (secondary N) is 1. The molecule has 0 saturated heterocycles. The van der Waals surface area contributed by atoms with Gasteiger partial charge in [0.15, 0.2) is 0 Å². The van der Waals surface area contributed by atoms with Gasteiger partial charge in [-0.1, -0.05) is 37.5 Å². The largest absolute Gasteiger partial charge is 0.496 e. The number of hydrogen-bond donors (Lipinski definition) is 2. The van der Waals surface area contributed by atoms with Gasteiger partial charge in [0, 0.05) is 18.7 Å². The molecule has 1 unspecified atom stereocenters. The highest BCUT2D eigenvalue weighted by Crippen LogP contribution is 2.20. The zero-order valence-electron chi connectivity index (χ0n) is 12.9. The molecule has 0 aromatic heterocycles. The zero-order chi connectivity index (χ0) is 14.9. The van der Waals surface area contributed by atoms with Crippen LogP contribution in [0.1, 0.15) is 37.7 Å². The quantitative estimate of drug-likeness (QED) is 0.773. The van der Waals surface area contributed by atoms with Crippen LogP contribution in [0.25, 0.3) is 0 Å². The molecule has 1 saturated carbocycles. The van der Waals surface area contributed by atoms with Crippen molar-refractivity contribution in [1.82, 2.24) is 5.32 Å². The number of aliphatic hydroxyl groups excluding tert-OH is 1. The molecule has 1 aliphatic rings. The summed E-state index contributed by atoms with van der Waals surface area (Å²) in [6.45, 7) is 1.64. The predicted molar refractivity (Wildman–Crippen MR) is 83.5 cm³/mol. The summed E-state index contributed by atoms with van der Waals surface area (Å²) in [6.07, 6.45) is 6.01. The van der Waals surface area contributed by atoms with Gasteiger partial charge in [-0.15, -0.1) is 0 Å². The molecule has 2 rings (SSSR count). The van der Waals surface area contributed by atoms with Gasteiger partial charge in [0.25, 0.3) is 0 Å². The van der Waals surface area contributed by atoms with Crippen molar-refractivity contribution in [1.29, 1.82) is 0 Å². The fourth-order valence-corrected chi connectivity index (χ4v) is 2.76. The molecule has 0 spiro atoms. The molecule has 21 heavy (non-hydrogen) atoms. The Balaban J connectivity index is 1.63. The Hall–Kier alpha value is -1.10. The monoisotopic (exact) mass is 293 g/mol. The number of benzene rings is 1. The third-order valence-corrected chi connectivity index (χ3v) is 3.96. The van der Waals surface area contributed by atoms with E-state index in [1.165, 1.54) is 19.3 Å². The van der Waals surface area contributed by atoms with Crippen LogP contribution in [0.15, 0.2) is 24.3 Å². The van der Waals surface area contributed by atoms with E-state index in [2.05, 4.69) is 5.32 Å². The van der Waals surface area contributed by atoms with E-state index in [1.807, 2.05) is 24.3 Å². The first-order valence-electron chi connectivity index (χ1n) is 7.92. The molecule has 0 aliphatic heterocycles. The summed E-state index contributed by atoms with van der Waals surface area (Å²) < 4.78 is 11.1. The molecule has 118 valence electrons. The summed E-state index contributed by atoms with van der Waals surface area (Å²) in [5.74, 6) is 0.873. The molecular formula is C17H27NO3. The van der Waals surface area contributed by atoms with E-state index in [0.717, 1.165) is 24.2 Å². The van der Waals surface area contributed by atoms with Gasteiger partial charge < -0.3 is 19.9 Å². The van der Waals surface area contributed by atoms with Crippen molar-refractivity contribution in [3.63, 3.8) is 0 Å². The Morgan fingerprint density at radius 2 is 2.00 bits per heavy atom. The highest BCUT2D eigenvalue weighted by atomic mass is 16.5. The Morgan fingerprint density at radius 1 is 1.24 bits per heavy atom. The molecule has 0 bridgehead atoms. The molecule has 1 aliphatic carbocycles. The van der Waals surface area contributed by atoms with Gasteiger partial charge in [-0.2, -0.15) is 0 Å². The molecule has 4 heteroatoms. The van der Waals surface area contributed by atoms with E-state index in [9.17, 15) is 5.11 Å². The lowest BCUT2D eigenvalue weighted by atomic mass is 9.98. The van der Waals surface area contributed by atoms with Gasteiger partial charge in [0.1, 0.15) is 5.75 Å². The predicted octanol–water partition coefficient (Wildman–Crippen LogP) is 2.50. The van der Waals surface area contributed by atoms with Crippen LogP contribution in [-0.4, -0.2) is 37.6 Å². The van der Waals surface area contributed by atoms with Crippen LogP contribution in [0.2, 0.25) is 0 Å². The summed E-state index contributed by atoms with van der Waals surface area (Å²) in [5.41, 5.74) is 1.10. The van der Waals surface area contributed by atoms with Gasteiger partial charge in [-0.25, -0.2) is 0 Å². The van der Waals surface area contributed by atoms with Gasteiger partial charge >= 0.3 is 0 Å². The Kier molecular flexibility index (Phi) is 7.00. The second-order valence-corrected chi connectivity index (χ2v) is 5.69. The minimum Gasteiger partial charge on any atom is -0.496 e. The maximum Gasteiger partial charge on any atom is 0.123 e. The summed E-state index contributed by atoms with van der Waals surface area (Å²) in [7, 11) is 1.67. The van der Waals surface area contributed by atoms with Crippen LogP contribution in [-0.2, 0) is 11.3 Å². The average Bonchev–Trinajstić information content (AvgIpc) is 2.54. The van der Waals surface area contributed by atoms with Crippen molar-refractivity contribution in [3.05, 3.63) is 29.8 Å². The Morgan fingerprint density at radius 3 is 2.76 bits per heavy atom. The maximum absolute atomic E-state index is 9.97. The van der Waals surface area contributed by atoms with Crippen LogP contribution in [0.4, 0.5) is 0 Å². The SMILES string of the molecule is COc1ccccc1CNCC(O)COC1CCCCC1. The van der Waals surface area contributed by atoms with Crippen LogP contribution < -0.4 is 10.1 Å². The van der Waals surface area contributed by atoms with Crippen molar-refractivity contribution < 1.29 is 14.6 Å². The number of para-hydroxylation sites is 1. The molecule has 2 N–H and O–H groups in total. The number of ether oxygens (including phenoxy) is 2. The third-order valence-electron chi connectivity index (χ3n) is 3.96. The first-order chi connectivity index (χ1) is 10.3. The molecule has 1 aromatic rings. The lowest BCUT2D eigenvalue weighted by Crippen LogP contribution is -2.32. The van der Waals surface area contributed by atoms with Crippen LogP contribution in [0, 0.1) is 0 Å². The van der Waals surface area contributed by atoms with Crippen molar-refractivity contribution in [2.75, 3.05) is 20.3 Å². The van der Waals surface area contributed by atoms with E-state index in [-0.39, 0.29) is 0 Å². The summed E-state index contributed by atoms with van der Waals surface area (Å²) in [5, 5.41) is 13.2. The number of hydrogen-bond acceptors (Lipinski definition) is 4. The third kappa shape index (κ3) is 5.65. The highest BCUT2D eigenvalue weighted by molar-refractivity contribution is 5.32. The average molecular weight is 293 g/mol. The maximum atomic E-state index is 9.97. The number of methoxy groups -OCH3 is 1. The van der Waals surface area contributed by atoms with Gasteiger partial charge in [-0.3, -0.25) is 0 Å². The fraction of sp³-hybridized carbons (Fsp3) is 0.647. The van der Waals surface area contributed by atoms with E-state index < -0.39 is 6.10 Å². The molecule has 0 amide bonds. The van der Waals surface area contributed by atoms with Gasteiger partial charge in [0.05, 0.1) is 25.9 Å². The summed E-state index contributed by atoms with van der Waals surface area (Å²) in [4.78, 5) is 0. The molecule has 4 nitrogen and oxygen atoms in total. The lowest BCUT2D eigenvalue weighted by Gasteiger charge is -2.23. The topological polar surface area (TPSA) is 50.7 Å². The summed E-state index contributed by atoms with van der Waals surface area (Å²) >= 11 is 0. The van der Waals surface area contributed by atoms with Crippen LogP contribution >= 0.6 is 0 Å². The molecule has 1 atom stereocenters. The standard InChI is InChI=1S/C17H27NO3/c1-20-17-10-6-5-7-14(17)11-18-12-15(19)13-21-16-8-3-2-4-9-16/h5-7,10,15-16,18-19H,2-4,8-9,11-13H2,1H3. The molecule has 1 aromatic carbocycles. The summed E-state index contributed by atoms with van der Waals surface area (Å²) in [6, 6.07) is 7.91. The molecule has 0 radical (unpaired) electrons. The number of aliphatic hydroxyl groups is 1. The molecular weight excluding hydrogens is 266 g/mol. The fourth-order valence-electron chi connectivity index (χ4n) is 2.76. The normalized spacial score (nSPS) is 17.6. The minimum atomic E-state index is -0.457. The van der Waals surface area contributed by atoms with E-state index in [1.54, 1.807) is 7.11 Å². The zero-order valence-corrected chi connectivity index (χ0v) is 12.9. The number of rotatable bonds is 8. The van der Waals surface area contributed by atoms with Crippen LogP contribution in [0.5, 0.6) is 5.75 Å². The molecule has 1 fully saturated rings. The van der Waals surface area contributed by atoms with Gasteiger partial charge in [-0.05, 0) is 18.9 Å². The molecule has 0 heterocycles. The Labute approximate surface area is 127 Å². The highest BCUT2D eigenvalue weighted by Gasteiger charge is 2.15. The second-order valence-electron chi connectivity index (χ2n) is 5.69. The van der Waals surface area contributed by atoms with Crippen LogP contribution in [0.3, 0.4) is 0 Å². The van der Waals surface area contributed by atoms with E-state index in [4.69, 9.17) is 9.47 Å². The first kappa shape index (κ1) is 16.3. The first-order valence-corrected chi connectivity index (χ1v) is 7.92. The van der Waals surface area contributed by atoms with Crippen molar-refractivity contribution in [3.8, 4) is 5.75 Å². The van der Waals surface area contributed by atoms with E-state index in [0.29, 0.717) is 25.8 Å². The van der Waals surface area contributed by atoms with E-state index >= 15 is 0 Å². The Bertz CT molecular complexity index is 405. The second kappa shape index (κ2) is 9.03. The van der Waals surface area contributed by atoms with Gasteiger partial charge in [0.2, 0.25) is 0 Å². The lowest BCUT2D eigenvalue weighted by molar-refractivity contribution is -0.0230. The van der Waals surface area contributed by atoms with Crippen molar-refractivity contribution >= 4 is 0 Å². The smallest absolute Gasteiger partial charge is 0.123 e. The van der Waals surface area contributed by atoms with Crippen molar-refractivity contribution in [2.45, 2.75) is 50.9 Å². The minimum absolute atomic E-state index is 0.350. The van der Waals surface area contributed by atoms with Crippen molar-refractivity contribution in [2.24, 2.45) is 0 Å².